The predicted octanol–water partition coefficient (Wildman–Crippen LogP) is 4.29. The smallest absolute Gasteiger partial charge is 0.308 e. The van der Waals surface area contributed by atoms with Crippen LogP contribution in [0.1, 0.15) is 55.4 Å². The van der Waals surface area contributed by atoms with Crippen LogP contribution in [0, 0.1) is 5.92 Å². The normalized spacial score (nSPS) is 16.4. The Labute approximate surface area is 113 Å². The fraction of sp³-hybridized carbons (Fsp3) is 0.929. The predicted molar refractivity (Wildman–Crippen MR) is 78.4 cm³/mol. The van der Waals surface area contributed by atoms with Gasteiger partial charge in [-0.05, 0) is 30.5 Å². The maximum Gasteiger partial charge on any atom is 0.308 e. The first-order chi connectivity index (χ1) is 8.07. The van der Waals surface area contributed by atoms with E-state index < -0.39 is 20.2 Å². The van der Waals surface area contributed by atoms with Crippen molar-refractivity contribution < 1.29 is 14.3 Å². The van der Waals surface area contributed by atoms with Crippen molar-refractivity contribution in [3.8, 4) is 0 Å². The zero-order valence-electron chi connectivity index (χ0n) is 13.2. The third-order valence-electron chi connectivity index (χ3n) is 4.19. The largest absolute Gasteiger partial charge is 0.481 e. The third-order valence-corrected chi connectivity index (χ3v) is 10.4. The van der Waals surface area contributed by atoms with E-state index in [0.29, 0.717) is 16.6 Å². The minimum absolute atomic E-state index is 0.221. The topological polar surface area (TPSA) is 46.5 Å². The van der Waals surface area contributed by atoms with Crippen molar-refractivity contribution in [3.63, 3.8) is 0 Å². The molecule has 0 aromatic heterocycles. The summed E-state index contributed by atoms with van der Waals surface area (Å²) in [6.07, 6.45) is -0.221. The lowest BCUT2D eigenvalue weighted by atomic mass is 10.1. The molecule has 0 fully saturated rings. The minimum atomic E-state index is -1.96. The minimum Gasteiger partial charge on any atom is -0.481 e. The molecule has 0 aromatic carbocycles. The Balaban J connectivity index is 5.18. The number of hydrogen-bond donors (Lipinski definition) is 1. The summed E-state index contributed by atoms with van der Waals surface area (Å²) in [5.74, 6) is -1.23. The highest BCUT2D eigenvalue weighted by Gasteiger charge is 2.46. The molecule has 108 valence electrons. The number of carboxylic acids is 1. The summed E-state index contributed by atoms with van der Waals surface area (Å²) >= 11 is 0. The molecule has 0 heterocycles. The van der Waals surface area contributed by atoms with Gasteiger partial charge in [0.05, 0.1) is 12.0 Å². The fourth-order valence-electron chi connectivity index (χ4n) is 3.03. The molecule has 0 aliphatic carbocycles. The van der Waals surface area contributed by atoms with Gasteiger partial charge in [0.1, 0.15) is 0 Å². The Kier molecular flexibility index (Phi) is 6.58. The Morgan fingerprint density at radius 3 is 1.44 bits per heavy atom. The van der Waals surface area contributed by atoms with Gasteiger partial charge in [-0.15, -0.1) is 0 Å². The van der Waals surface area contributed by atoms with Crippen molar-refractivity contribution >= 4 is 14.3 Å². The zero-order chi connectivity index (χ0) is 14.7. The number of carboxylic acid groups (broad SMARTS) is 1. The second kappa shape index (κ2) is 6.71. The van der Waals surface area contributed by atoms with Crippen LogP contribution in [0.3, 0.4) is 0 Å². The molecule has 0 aromatic rings. The van der Waals surface area contributed by atoms with E-state index in [9.17, 15) is 4.79 Å². The highest BCUT2D eigenvalue weighted by atomic mass is 28.4. The van der Waals surface area contributed by atoms with E-state index in [2.05, 4.69) is 41.5 Å². The van der Waals surface area contributed by atoms with Crippen molar-refractivity contribution in [1.29, 1.82) is 0 Å². The molecule has 0 saturated heterocycles. The van der Waals surface area contributed by atoms with Crippen LogP contribution in [0.15, 0.2) is 0 Å². The molecular weight excluding hydrogens is 244 g/mol. The number of aliphatic carboxylic acids is 1. The maximum atomic E-state index is 11.1. The van der Waals surface area contributed by atoms with E-state index in [1.54, 1.807) is 6.92 Å². The van der Waals surface area contributed by atoms with Crippen LogP contribution in [-0.4, -0.2) is 25.5 Å². The van der Waals surface area contributed by atoms with Gasteiger partial charge in [-0.1, -0.05) is 41.5 Å². The van der Waals surface area contributed by atoms with Crippen LogP contribution >= 0.6 is 0 Å². The van der Waals surface area contributed by atoms with Gasteiger partial charge in [0.15, 0.2) is 0 Å². The molecule has 0 amide bonds. The summed E-state index contributed by atoms with van der Waals surface area (Å²) in [5.41, 5.74) is 1.46. The third kappa shape index (κ3) is 3.57. The lowest BCUT2D eigenvalue weighted by Gasteiger charge is -2.44. The maximum absolute atomic E-state index is 11.1. The molecule has 18 heavy (non-hydrogen) atoms. The number of carbonyl (C=O) groups is 1. The summed E-state index contributed by atoms with van der Waals surface area (Å²) in [5, 5.41) is 9.10. The molecule has 4 heteroatoms. The lowest BCUT2D eigenvalue weighted by molar-refractivity contribution is -0.144. The highest BCUT2D eigenvalue weighted by Crippen LogP contribution is 2.43. The van der Waals surface area contributed by atoms with Gasteiger partial charge >= 0.3 is 5.97 Å². The average molecular weight is 274 g/mol. The van der Waals surface area contributed by atoms with Gasteiger partial charge in [0.25, 0.3) is 0 Å². The van der Waals surface area contributed by atoms with Crippen molar-refractivity contribution in [2.45, 2.75) is 78.1 Å². The second-order valence-corrected chi connectivity index (χ2v) is 11.7. The summed E-state index contributed by atoms with van der Waals surface area (Å²) in [4.78, 5) is 11.1. The van der Waals surface area contributed by atoms with Gasteiger partial charge in [0.2, 0.25) is 8.32 Å². The van der Waals surface area contributed by atoms with Crippen LogP contribution < -0.4 is 0 Å². The van der Waals surface area contributed by atoms with Crippen LogP contribution in [0.2, 0.25) is 16.6 Å². The second-order valence-electron chi connectivity index (χ2n) is 6.27. The molecule has 0 saturated carbocycles. The van der Waals surface area contributed by atoms with Crippen LogP contribution in [0.4, 0.5) is 0 Å². The highest BCUT2D eigenvalue weighted by molar-refractivity contribution is 6.77. The van der Waals surface area contributed by atoms with E-state index in [4.69, 9.17) is 9.53 Å². The molecule has 2 atom stereocenters. The molecule has 0 rings (SSSR count). The molecule has 0 radical (unpaired) electrons. The average Bonchev–Trinajstić information content (AvgIpc) is 2.22. The van der Waals surface area contributed by atoms with Crippen molar-refractivity contribution in [1.82, 2.24) is 0 Å². The molecular formula is C14H30O3Si. The van der Waals surface area contributed by atoms with E-state index in [0.717, 1.165) is 0 Å². The van der Waals surface area contributed by atoms with E-state index in [1.165, 1.54) is 0 Å². The summed E-state index contributed by atoms with van der Waals surface area (Å²) in [6, 6.07) is 0. The Morgan fingerprint density at radius 1 is 0.889 bits per heavy atom. The molecule has 3 nitrogen and oxygen atoms in total. The number of rotatable bonds is 7. The van der Waals surface area contributed by atoms with Crippen LogP contribution in [0.25, 0.3) is 0 Å². The fourth-order valence-corrected chi connectivity index (χ4v) is 8.70. The molecule has 0 aliphatic rings. The van der Waals surface area contributed by atoms with Crippen molar-refractivity contribution in [2.24, 2.45) is 5.92 Å². The van der Waals surface area contributed by atoms with E-state index in [-0.39, 0.29) is 6.10 Å². The van der Waals surface area contributed by atoms with E-state index >= 15 is 0 Å². The first-order valence-corrected chi connectivity index (χ1v) is 9.11. The first-order valence-electron chi connectivity index (χ1n) is 6.97. The zero-order valence-corrected chi connectivity index (χ0v) is 14.2. The SMILES string of the molecule is CC(O[Si](C(C)C)(C(C)C)C(C)C)[C@H](C)C(=O)O. The summed E-state index contributed by atoms with van der Waals surface area (Å²) in [6.45, 7) is 16.9. The van der Waals surface area contributed by atoms with Gasteiger partial charge in [-0.2, -0.15) is 0 Å². The van der Waals surface area contributed by atoms with Crippen molar-refractivity contribution in [3.05, 3.63) is 0 Å². The monoisotopic (exact) mass is 274 g/mol. The van der Waals surface area contributed by atoms with Gasteiger partial charge in [0, 0.05) is 0 Å². The van der Waals surface area contributed by atoms with E-state index in [1.807, 2.05) is 6.92 Å². The summed E-state index contributed by atoms with van der Waals surface area (Å²) < 4.78 is 6.40. The van der Waals surface area contributed by atoms with Gasteiger partial charge in [-0.25, -0.2) is 0 Å². The Bertz CT molecular complexity index is 252. The molecule has 1 unspecified atom stereocenters. The quantitative estimate of drug-likeness (QED) is 0.705. The standard InChI is InChI=1S/C14H30O3Si/c1-9(2)18(10(3)4,11(5)6)17-13(8)12(7)14(15)16/h9-13H,1-8H3,(H,15,16)/t12-,13?/m0/s1. The molecule has 0 aliphatic heterocycles. The molecule has 1 N–H and O–H groups in total. The summed E-state index contributed by atoms with van der Waals surface area (Å²) in [7, 11) is -1.96. The van der Waals surface area contributed by atoms with Crippen LogP contribution in [0.5, 0.6) is 0 Å². The Hall–Kier alpha value is -0.353. The Morgan fingerprint density at radius 2 is 1.22 bits per heavy atom. The van der Waals surface area contributed by atoms with Gasteiger partial charge in [-0.3, -0.25) is 4.79 Å². The van der Waals surface area contributed by atoms with Crippen LogP contribution in [-0.2, 0) is 9.22 Å². The lowest BCUT2D eigenvalue weighted by Crippen LogP contribution is -2.51. The van der Waals surface area contributed by atoms with Gasteiger partial charge < -0.3 is 9.53 Å². The first kappa shape index (κ1) is 17.6. The molecule has 0 bridgehead atoms. The number of hydrogen-bond acceptors (Lipinski definition) is 2. The molecule has 0 spiro atoms. The van der Waals surface area contributed by atoms with Crippen molar-refractivity contribution in [2.75, 3.05) is 0 Å².